The molecule has 0 aliphatic carbocycles. The van der Waals surface area contributed by atoms with Crippen molar-refractivity contribution in [3.05, 3.63) is 0 Å². The predicted molar refractivity (Wildman–Crippen MR) is 70.4 cm³/mol. The summed E-state index contributed by atoms with van der Waals surface area (Å²) in [6.07, 6.45) is 1.92. The summed E-state index contributed by atoms with van der Waals surface area (Å²) < 4.78 is 0. The Morgan fingerprint density at radius 2 is 2.00 bits per heavy atom. The van der Waals surface area contributed by atoms with E-state index in [1.807, 2.05) is 0 Å². The molecule has 4 N–H and O–H groups in total. The molecule has 17 heavy (non-hydrogen) atoms. The molecule has 100 valence electrons. The summed E-state index contributed by atoms with van der Waals surface area (Å²) in [5, 5.41) is 0. The number of amides is 1. The van der Waals surface area contributed by atoms with Gasteiger partial charge in [-0.1, -0.05) is 13.8 Å². The Labute approximate surface area is 105 Å². The highest BCUT2D eigenvalue weighted by atomic mass is 16.1. The molecule has 0 spiro atoms. The molecule has 4 unspecified atom stereocenters. The SMILES string of the molecule is CC1CC(C)C(C)N(CCC(C)(N)C(N)=O)C1. The minimum atomic E-state index is -0.885. The van der Waals surface area contributed by atoms with Crippen LogP contribution < -0.4 is 11.5 Å². The van der Waals surface area contributed by atoms with E-state index in [2.05, 4.69) is 25.7 Å². The maximum Gasteiger partial charge on any atom is 0.237 e. The summed E-state index contributed by atoms with van der Waals surface area (Å²) in [5.74, 6) is 1.01. The van der Waals surface area contributed by atoms with Crippen molar-refractivity contribution in [2.24, 2.45) is 23.3 Å². The quantitative estimate of drug-likeness (QED) is 0.769. The standard InChI is InChI=1S/C13H27N3O/c1-9-7-10(2)11(3)16(8-9)6-5-13(4,15)12(14)17/h9-11H,5-8,15H2,1-4H3,(H2,14,17). The van der Waals surface area contributed by atoms with Crippen LogP contribution in [0.1, 0.15) is 40.5 Å². The molecule has 0 aromatic rings. The van der Waals surface area contributed by atoms with Crippen LogP contribution in [0.2, 0.25) is 0 Å². The molecule has 4 heteroatoms. The van der Waals surface area contributed by atoms with E-state index in [4.69, 9.17) is 11.5 Å². The number of piperidine rings is 1. The van der Waals surface area contributed by atoms with E-state index in [-0.39, 0.29) is 0 Å². The van der Waals surface area contributed by atoms with E-state index >= 15 is 0 Å². The molecule has 4 atom stereocenters. The van der Waals surface area contributed by atoms with Crippen molar-refractivity contribution < 1.29 is 4.79 Å². The van der Waals surface area contributed by atoms with Crippen molar-refractivity contribution in [2.75, 3.05) is 13.1 Å². The van der Waals surface area contributed by atoms with Gasteiger partial charge in [0.05, 0.1) is 5.54 Å². The zero-order chi connectivity index (χ0) is 13.2. The van der Waals surface area contributed by atoms with Gasteiger partial charge < -0.3 is 16.4 Å². The number of hydrogen-bond donors (Lipinski definition) is 2. The number of hydrogen-bond acceptors (Lipinski definition) is 3. The second-order valence-corrected chi connectivity index (χ2v) is 6.09. The normalized spacial score (nSPS) is 34.3. The Hall–Kier alpha value is -0.610. The van der Waals surface area contributed by atoms with Gasteiger partial charge in [-0.25, -0.2) is 0 Å². The van der Waals surface area contributed by atoms with E-state index in [0.717, 1.165) is 19.0 Å². The average molecular weight is 241 g/mol. The second kappa shape index (κ2) is 5.36. The first kappa shape index (κ1) is 14.5. The van der Waals surface area contributed by atoms with E-state index in [0.29, 0.717) is 18.4 Å². The first-order chi connectivity index (χ1) is 7.74. The van der Waals surface area contributed by atoms with Gasteiger partial charge >= 0.3 is 0 Å². The van der Waals surface area contributed by atoms with Crippen LogP contribution in [-0.2, 0) is 4.79 Å². The number of nitrogens with zero attached hydrogens (tertiary/aromatic N) is 1. The predicted octanol–water partition coefficient (Wildman–Crippen LogP) is 0.946. The van der Waals surface area contributed by atoms with E-state index in [9.17, 15) is 4.79 Å². The molecule has 1 fully saturated rings. The van der Waals surface area contributed by atoms with Crippen molar-refractivity contribution in [1.29, 1.82) is 0 Å². The van der Waals surface area contributed by atoms with Gasteiger partial charge in [-0.2, -0.15) is 0 Å². The molecule has 0 aromatic heterocycles. The molecule has 0 radical (unpaired) electrons. The van der Waals surface area contributed by atoms with E-state index in [1.165, 1.54) is 6.42 Å². The van der Waals surface area contributed by atoms with E-state index < -0.39 is 11.4 Å². The van der Waals surface area contributed by atoms with Gasteiger partial charge in [-0.05, 0) is 38.5 Å². The van der Waals surface area contributed by atoms with Gasteiger partial charge in [0.15, 0.2) is 0 Å². The Morgan fingerprint density at radius 3 is 2.53 bits per heavy atom. The van der Waals surface area contributed by atoms with Crippen LogP contribution in [0.4, 0.5) is 0 Å². The number of likely N-dealkylation sites (tertiary alicyclic amines) is 1. The summed E-state index contributed by atoms with van der Waals surface area (Å²) in [5.41, 5.74) is 10.3. The number of carbonyl (C=O) groups excluding carboxylic acids is 1. The van der Waals surface area contributed by atoms with Crippen LogP contribution in [0.15, 0.2) is 0 Å². The maximum absolute atomic E-state index is 11.2. The lowest BCUT2D eigenvalue weighted by Crippen LogP contribution is -2.53. The zero-order valence-electron chi connectivity index (χ0n) is 11.6. The van der Waals surface area contributed by atoms with Crippen LogP contribution >= 0.6 is 0 Å². The molecule has 4 nitrogen and oxygen atoms in total. The highest BCUT2D eigenvalue weighted by molar-refractivity contribution is 5.83. The van der Waals surface area contributed by atoms with Crippen LogP contribution in [-0.4, -0.2) is 35.5 Å². The molecule has 0 aromatic carbocycles. The molecular formula is C13H27N3O. The van der Waals surface area contributed by atoms with Gasteiger partial charge in [-0.15, -0.1) is 0 Å². The molecule has 1 aliphatic rings. The molecule has 1 amide bonds. The Bertz CT molecular complexity index is 278. The molecule has 1 aliphatic heterocycles. The number of rotatable bonds is 4. The van der Waals surface area contributed by atoms with Gasteiger partial charge in [0.2, 0.25) is 5.91 Å². The first-order valence-corrected chi connectivity index (χ1v) is 6.57. The largest absolute Gasteiger partial charge is 0.368 e. The van der Waals surface area contributed by atoms with Gasteiger partial charge in [0, 0.05) is 19.1 Å². The third-order valence-corrected chi connectivity index (χ3v) is 4.20. The fourth-order valence-corrected chi connectivity index (χ4v) is 2.63. The number of primary amides is 1. The Kier molecular flexibility index (Phi) is 4.55. The van der Waals surface area contributed by atoms with Gasteiger partial charge in [-0.3, -0.25) is 4.79 Å². The lowest BCUT2D eigenvalue weighted by Gasteiger charge is -2.42. The van der Waals surface area contributed by atoms with Crippen LogP contribution in [0.3, 0.4) is 0 Å². The van der Waals surface area contributed by atoms with E-state index in [1.54, 1.807) is 6.92 Å². The minimum absolute atomic E-state index is 0.414. The Balaban J connectivity index is 2.53. The minimum Gasteiger partial charge on any atom is -0.368 e. The van der Waals surface area contributed by atoms with Crippen LogP contribution in [0.25, 0.3) is 0 Å². The molecule has 0 bridgehead atoms. The number of carbonyl (C=O) groups is 1. The maximum atomic E-state index is 11.2. The first-order valence-electron chi connectivity index (χ1n) is 6.57. The van der Waals surface area contributed by atoms with Crippen molar-refractivity contribution in [2.45, 2.75) is 52.1 Å². The number of nitrogens with two attached hydrogens (primary N) is 2. The lowest BCUT2D eigenvalue weighted by atomic mass is 9.85. The smallest absolute Gasteiger partial charge is 0.237 e. The van der Waals surface area contributed by atoms with Crippen molar-refractivity contribution in [3.8, 4) is 0 Å². The van der Waals surface area contributed by atoms with Crippen molar-refractivity contribution in [3.63, 3.8) is 0 Å². The molecule has 1 heterocycles. The van der Waals surface area contributed by atoms with Gasteiger partial charge in [0.1, 0.15) is 0 Å². The third kappa shape index (κ3) is 3.68. The highest BCUT2D eigenvalue weighted by Crippen LogP contribution is 2.27. The lowest BCUT2D eigenvalue weighted by molar-refractivity contribution is -0.123. The zero-order valence-corrected chi connectivity index (χ0v) is 11.6. The molecule has 1 saturated heterocycles. The van der Waals surface area contributed by atoms with Crippen LogP contribution in [0, 0.1) is 11.8 Å². The van der Waals surface area contributed by atoms with Crippen molar-refractivity contribution in [1.82, 2.24) is 4.90 Å². The monoisotopic (exact) mass is 241 g/mol. The van der Waals surface area contributed by atoms with Crippen LogP contribution in [0.5, 0.6) is 0 Å². The molecule has 1 rings (SSSR count). The third-order valence-electron chi connectivity index (χ3n) is 4.20. The second-order valence-electron chi connectivity index (χ2n) is 6.09. The Morgan fingerprint density at radius 1 is 1.41 bits per heavy atom. The average Bonchev–Trinajstić information content (AvgIpc) is 2.21. The fourth-order valence-electron chi connectivity index (χ4n) is 2.63. The molecule has 0 saturated carbocycles. The summed E-state index contributed by atoms with van der Waals surface area (Å²) in [4.78, 5) is 13.6. The van der Waals surface area contributed by atoms with Crippen molar-refractivity contribution >= 4 is 5.91 Å². The summed E-state index contributed by atoms with van der Waals surface area (Å²) in [6.45, 7) is 10.5. The fraction of sp³-hybridized carbons (Fsp3) is 0.923. The summed E-state index contributed by atoms with van der Waals surface area (Å²) in [7, 11) is 0. The summed E-state index contributed by atoms with van der Waals surface area (Å²) >= 11 is 0. The summed E-state index contributed by atoms with van der Waals surface area (Å²) in [6, 6.07) is 0.565. The topological polar surface area (TPSA) is 72.3 Å². The van der Waals surface area contributed by atoms with Gasteiger partial charge in [0.25, 0.3) is 0 Å². The molecular weight excluding hydrogens is 214 g/mol. The highest BCUT2D eigenvalue weighted by Gasteiger charge is 2.31.